The lowest BCUT2D eigenvalue weighted by atomic mass is 9.89. The molecule has 26 heavy (non-hydrogen) atoms. The second-order valence-electron chi connectivity index (χ2n) is 6.99. The number of hydrogen-bond acceptors (Lipinski definition) is 5. The van der Waals surface area contributed by atoms with Gasteiger partial charge in [-0.3, -0.25) is 4.79 Å². The molecule has 1 saturated heterocycles. The minimum Gasteiger partial charge on any atom is -0.394 e. The van der Waals surface area contributed by atoms with Gasteiger partial charge in [-0.2, -0.15) is 0 Å². The summed E-state index contributed by atoms with van der Waals surface area (Å²) in [7, 11) is 0. The largest absolute Gasteiger partial charge is 0.394 e. The molecule has 2 aliphatic rings. The molecule has 0 radical (unpaired) electrons. The number of amides is 1. The van der Waals surface area contributed by atoms with E-state index in [4.69, 9.17) is 0 Å². The number of carbonyl (C=O) groups is 1. The Labute approximate surface area is 153 Å². The maximum Gasteiger partial charge on any atom is 0.226 e. The summed E-state index contributed by atoms with van der Waals surface area (Å²) in [5.74, 6) is 0.917. The lowest BCUT2D eigenvalue weighted by Crippen LogP contribution is -2.47. The van der Waals surface area contributed by atoms with Crippen molar-refractivity contribution in [3.05, 3.63) is 53.9 Å². The molecule has 136 valence electrons. The monoisotopic (exact) mass is 352 g/mol. The van der Waals surface area contributed by atoms with Gasteiger partial charge in [0.05, 0.1) is 12.6 Å². The Morgan fingerprint density at radius 1 is 1.08 bits per heavy atom. The third-order valence-electron chi connectivity index (χ3n) is 5.55. The van der Waals surface area contributed by atoms with Gasteiger partial charge in [-0.1, -0.05) is 24.3 Å². The fourth-order valence-corrected chi connectivity index (χ4v) is 4.13. The average molecular weight is 352 g/mol. The van der Waals surface area contributed by atoms with Crippen molar-refractivity contribution >= 4 is 11.9 Å². The molecule has 0 aliphatic carbocycles. The molecule has 1 N–H and O–H groups in total. The average Bonchev–Trinajstić information content (AvgIpc) is 2.73. The highest BCUT2D eigenvalue weighted by atomic mass is 16.3. The van der Waals surface area contributed by atoms with E-state index in [2.05, 4.69) is 20.9 Å². The van der Waals surface area contributed by atoms with Crippen LogP contribution >= 0.6 is 0 Å². The van der Waals surface area contributed by atoms with Crippen LogP contribution < -0.4 is 4.90 Å². The number of aromatic nitrogens is 2. The van der Waals surface area contributed by atoms with Crippen molar-refractivity contribution in [1.82, 2.24) is 14.9 Å². The van der Waals surface area contributed by atoms with Gasteiger partial charge in [0.15, 0.2) is 0 Å². The fourth-order valence-electron chi connectivity index (χ4n) is 4.13. The topological polar surface area (TPSA) is 69.6 Å². The first-order valence-corrected chi connectivity index (χ1v) is 9.29. The predicted molar refractivity (Wildman–Crippen MR) is 98.7 cm³/mol. The highest BCUT2D eigenvalue weighted by Crippen LogP contribution is 2.32. The molecule has 0 bridgehead atoms. The zero-order valence-corrected chi connectivity index (χ0v) is 14.8. The lowest BCUT2D eigenvalue weighted by Gasteiger charge is -2.40. The van der Waals surface area contributed by atoms with Gasteiger partial charge in [-0.05, 0) is 36.5 Å². The minimum absolute atomic E-state index is 0.00859. The highest BCUT2D eigenvalue weighted by Gasteiger charge is 2.35. The van der Waals surface area contributed by atoms with E-state index in [1.165, 1.54) is 5.56 Å². The Kier molecular flexibility index (Phi) is 4.84. The SMILES string of the molecule is O=C(C1CCN(c2ncccn2)CC1)N1CCc2ccccc2C1CO. The Morgan fingerprint density at radius 3 is 2.54 bits per heavy atom. The van der Waals surface area contributed by atoms with Crippen LogP contribution in [0.3, 0.4) is 0 Å². The summed E-state index contributed by atoms with van der Waals surface area (Å²) >= 11 is 0. The van der Waals surface area contributed by atoms with Crippen molar-refractivity contribution in [2.45, 2.75) is 25.3 Å². The first kappa shape index (κ1) is 17.0. The molecular formula is C20H24N4O2. The summed E-state index contributed by atoms with van der Waals surface area (Å²) in [5.41, 5.74) is 2.33. The van der Waals surface area contributed by atoms with Crippen LogP contribution in [0.15, 0.2) is 42.7 Å². The zero-order valence-electron chi connectivity index (χ0n) is 14.8. The van der Waals surface area contributed by atoms with Gasteiger partial charge in [0.1, 0.15) is 0 Å². The smallest absolute Gasteiger partial charge is 0.226 e. The van der Waals surface area contributed by atoms with Gasteiger partial charge < -0.3 is 14.9 Å². The van der Waals surface area contributed by atoms with E-state index in [0.29, 0.717) is 6.54 Å². The van der Waals surface area contributed by atoms with E-state index in [1.807, 2.05) is 29.2 Å². The normalized spacial score (nSPS) is 20.7. The van der Waals surface area contributed by atoms with Crippen molar-refractivity contribution < 1.29 is 9.90 Å². The standard InChI is InChI=1S/C20H24N4O2/c25-14-18-17-5-2-1-4-15(17)8-13-24(18)19(26)16-6-11-23(12-7-16)20-21-9-3-10-22-20/h1-5,9-10,16,18,25H,6-8,11-14H2. The van der Waals surface area contributed by atoms with E-state index in [-0.39, 0.29) is 24.5 Å². The molecule has 1 aromatic heterocycles. The van der Waals surface area contributed by atoms with Crippen LogP contribution in [0.1, 0.15) is 30.0 Å². The van der Waals surface area contributed by atoms with Crippen LogP contribution in [0.4, 0.5) is 5.95 Å². The number of aliphatic hydroxyl groups is 1. The molecule has 1 unspecified atom stereocenters. The number of benzene rings is 1. The molecule has 6 nitrogen and oxygen atoms in total. The maximum absolute atomic E-state index is 13.1. The van der Waals surface area contributed by atoms with Gasteiger partial charge in [0.25, 0.3) is 0 Å². The number of rotatable bonds is 3. The van der Waals surface area contributed by atoms with E-state index >= 15 is 0 Å². The number of nitrogens with zero attached hydrogens (tertiary/aromatic N) is 4. The first-order valence-electron chi connectivity index (χ1n) is 9.29. The highest BCUT2D eigenvalue weighted by molar-refractivity contribution is 5.80. The first-order chi connectivity index (χ1) is 12.8. The molecule has 6 heteroatoms. The molecule has 0 saturated carbocycles. The molecule has 4 rings (SSSR count). The van der Waals surface area contributed by atoms with Gasteiger partial charge in [-0.15, -0.1) is 0 Å². The summed E-state index contributed by atoms with van der Waals surface area (Å²) in [4.78, 5) is 25.8. The lowest BCUT2D eigenvalue weighted by molar-refractivity contribution is -0.140. The van der Waals surface area contributed by atoms with Gasteiger partial charge >= 0.3 is 0 Å². The molecule has 0 spiro atoms. The summed E-state index contributed by atoms with van der Waals surface area (Å²) in [5, 5.41) is 9.93. The molecule has 2 aromatic rings. The van der Waals surface area contributed by atoms with Gasteiger partial charge in [0.2, 0.25) is 11.9 Å². The van der Waals surface area contributed by atoms with E-state index in [0.717, 1.165) is 43.9 Å². The Morgan fingerprint density at radius 2 is 1.81 bits per heavy atom. The summed E-state index contributed by atoms with van der Waals surface area (Å²) in [6.07, 6.45) is 5.95. The van der Waals surface area contributed by atoms with Crippen molar-refractivity contribution in [3.8, 4) is 0 Å². The number of fused-ring (bicyclic) bond motifs is 1. The molecule has 3 heterocycles. The van der Waals surface area contributed by atoms with Gasteiger partial charge in [-0.25, -0.2) is 9.97 Å². The Balaban J connectivity index is 1.44. The molecular weight excluding hydrogens is 328 g/mol. The van der Waals surface area contributed by atoms with Gasteiger partial charge in [0, 0.05) is 37.9 Å². The van der Waals surface area contributed by atoms with Crippen molar-refractivity contribution in [1.29, 1.82) is 0 Å². The number of piperidine rings is 1. The summed E-state index contributed by atoms with van der Waals surface area (Å²) in [6, 6.07) is 9.72. The molecule has 1 amide bonds. The molecule has 1 atom stereocenters. The summed E-state index contributed by atoms with van der Waals surface area (Å²) in [6.45, 7) is 2.23. The van der Waals surface area contributed by atoms with Crippen molar-refractivity contribution in [2.75, 3.05) is 31.1 Å². The minimum atomic E-state index is -0.220. The molecule has 1 fully saturated rings. The third-order valence-corrected chi connectivity index (χ3v) is 5.55. The second-order valence-corrected chi connectivity index (χ2v) is 6.99. The zero-order chi connectivity index (χ0) is 17.9. The van der Waals surface area contributed by atoms with Crippen LogP contribution in [0.25, 0.3) is 0 Å². The van der Waals surface area contributed by atoms with Crippen molar-refractivity contribution in [3.63, 3.8) is 0 Å². The predicted octanol–water partition coefficient (Wildman–Crippen LogP) is 1.81. The van der Waals surface area contributed by atoms with Crippen LogP contribution in [-0.4, -0.2) is 52.1 Å². The van der Waals surface area contributed by atoms with E-state index in [9.17, 15) is 9.90 Å². The van der Waals surface area contributed by atoms with Crippen LogP contribution in [-0.2, 0) is 11.2 Å². The summed E-state index contributed by atoms with van der Waals surface area (Å²) < 4.78 is 0. The number of carbonyl (C=O) groups excluding carboxylic acids is 1. The van der Waals surface area contributed by atoms with Crippen LogP contribution in [0.5, 0.6) is 0 Å². The third kappa shape index (κ3) is 3.17. The van der Waals surface area contributed by atoms with Crippen LogP contribution in [0.2, 0.25) is 0 Å². The Hall–Kier alpha value is -2.47. The maximum atomic E-state index is 13.1. The second kappa shape index (κ2) is 7.41. The van der Waals surface area contributed by atoms with Crippen molar-refractivity contribution in [2.24, 2.45) is 5.92 Å². The number of aliphatic hydroxyl groups excluding tert-OH is 1. The molecule has 1 aromatic carbocycles. The van der Waals surface area contributed by atoms with E-state index < -0.39 is 0 Å². The fraction of sp³-hybridized carbons (Fsp3) is 0.450. The van der Waals surface area contributed by atoms with Crippen LogP contribution in [0, 0.1) is 5.92 Å². The Bertz CT molecular complexity index is 759. The number of hydrogen-bond donors (Lipinski definition) is 1. The number of anilines is 1. The quantitative estimate of drug-likeness (QED) is 0.912. The molecule has 2 aliphatic heterocycles. The van der Waals surface area contributed by atoms with E-state index in [1.54, 1.807) is 12.4 Å².